The van der Waals surface area contributed by atoms with Crippen molar-refractivity contribution in [2.75, 3.05) is 18.0 Å². The summed E-state index contributed by atoms with van der Waals surface area (Å²) in [7, 11) is 0. The molecule has 82 valence electrons. The molecule has 0 N–H and O–H groups in total. The molecule has 0 spiro atoms. The van der Waals surface area contributed by atoms with Gasteiger partial charge in [-0.2, -0.15) is 0 Å². The summed E-state index contributed by atoms with van der Waals surface area (Å²) in [6.07, 6.45) is 5.01. The monoisotopic (exact) mass is 223 g/mol. The minimum atomic E-state index is 0.917. The molecule has 0 aromatic heterocycles. The van der Waals surface area contributed by atoms with Gasteiger partial charge in [-0.3, -0.25) is 0 Å². The van der Waals surface area contributed by atoms with E-state index >= 15 is 0 Å². The highest BCUT2D eigenvalue weighted by Crippen LogP contribution is 2.26. The van der Waals surface area contributed by atoms with Crippen LogP contribution in [0.1, 0.15) is 31.7 Å². The van der Waals surface area contributed by atoms with Crippen molar-refractivity contribution < 1.29 is 0 Å². The van der Waals surface area contributed by atoms with Crippen LogP contribution in [0.4, 0.5) is 5.69 Å². The summed E-state index contributed by atoms with van der Waals surface area (Å²) in [4.78, 5) is 2.44. The molecule has 0 unspecified atom stereocenters. The Morgan fingerprint density at radius 3 is 2.53 bits per heavy atom. The first kappa shape index (κ1) is 10.8. The number of halogens is 1. The zero-order chi connectivity index (χ0) is 10.7. The van der Waals surface area contributed by atoms with Gasteiger partial charge in [0.25, 0.3) is 0 Å². The maximum absolute atomic E-state index is 6.22. The fourth-order valence-electron chi connectivity index (χ4n) is 2.17. The summed E-state index contributed by atoms with van der Waals surface area (Å²) < 4.78 is 0. The van der Waals surface area contributed by atoms with Crippen LogP contribution in [0, 0.1) is 0 Å². The average molecular weight is 224 g/mol. The minimum Gasteiger partial charge on any atom is -0.371 e. The standard InChI is InChI=1S/C13H18ClN/c1-2-11-6-7-12(10-13(11)14)15-8-4-3-5-9-15/h6-7,10H,2-5,8-9H2,1H3. The molecule has 1 heterocycles. The van der Waals surface area contributed by atoms with Gasteiger partial charge >= 0.3 is 0 Å². The number of piperidine rings is 1. The lowest BCUT2D eigenvalue weighted by Crippen LogP contribution is -2.29. The fraction of sp³-hybridized carbons (Fsp3) is 0.538. The Labute approximate surface area is 97.0 Å². The van der Waals surface area contributed by atoms with Gasteiger partial charge in [0.1, 0.15) is 0 Å². The van der Waals surface area contributed by atoms with E-state index in [2.05, 4.69) is 30.0 Å². The van der Waals surface area contributed by atoms with Gasteiger partial charge in [0.05, 0.1) is 0 Å². The van der Waals surface area contributed by atoms with Crippen LogP contribution in [-0.2, 0) is 6.42 Å². The number of aryl methyl sites for hydroxylation is 1. The minimum absolute atomic E-state index is 0.917. The van der Waals surface area contributed by atoms with E-state index in [1.165, 1.54) is 43.6 Å². The topological polar surface area (TPSA) is 3.24 Å². The second-order valence-electron chi connectivity index (χ2n) is 4.18. The first-order valence-electron chi connectivity index (χ1n) is 5.84. The summed E-state index contributed by atoms with van der Waals surface area (Å²) in [6.45, 7) is 4.51. The number of hydrogen-bond acceptors (Lipinski definition) is 1. The van der Waals surface area contributed by atoms with Crippen molar-refractivity contribution in [3.63, 3.8) is 0 Å². The van der Waals surface area contributed by atoms with Gasteiger partial charge in [-0.15, -0.1) is 0 Å². The fourth-order valence-corrected chi connectivity index (χ4v) is 2.48. The van der Waals surface area contributed by atoms with Gasteiger partial charge in [-0.25, -0.2) is 0 Å². The van der Waals surface area contributed by atoms with E-state index in [4.69, 9.17) is 11.6 Å². The molecule has 1 saturated heterocycles. The molecular formula is C13H18ClN. The lowest BCUT2D eigenvalue weighted by Gasteiger charge is -2.29. The molecule has 1 nitrogen and oxygen atoms in total. The number of rotatable bonds is 2. The Bertz CT molecular complexity index is 329. The third-order valence-corrected chi connectivity index (χ3v) is 3.49. The average Bonchev–Trinajstić information content (AvgIpc) is 2.30. The van der Waals surface area contributed by atoms with Crippen LogP contribution < -0.4 is 4.90 Å². The molecule has 1 aromatic rings. The smallest absolute Gasteiger partial charge is 0.0458 e. The van der Waals surface area contributed by atoms with E-state index in [9.17, 15) is 0 Å². The highest BCUT2D eigenvalue weighted by atomic mass is 35.5. The predicted octanol–water partition coefficient (Wildman–Crippen LogP) is 3.89. The van der Waals surface area contributed by atoms with Crippen molar-refractivity contribution in [3.05, 3.63) is 28.8 Å². The SMILES string of the molecule is CCc1ccc(N2CCCCC2)cc1Cl. The maximum Gasteiger partial charge on any atom is 0.0458 e. The molecule has 1 aliphatic rings. The van der Waals surface area contributed by atoms with Crippen LogP contribution >= 0.6 is 11.6 Å². The van der Waals surface area contributed by atoms with Crippen LogP contribution in [0.25, 0.3) is 0 Å². The van der Waals surface area contributed by atoms with Crippen molar-refractivity contribution in [3.8, 4) is 0 Å². The van der Waals surface area contributed by atoms with Gasteiger partial charge in [0.2, 0.25) is 0 Å². The lowest BCUT2D eigenvalue weighted by molar-refractivity contribution is 0.578. The summed E-state index contributed by atoms with van der Waals surface area (Å²) >= 11 is 6.22. The zero-order valence-electron chi connectivity index (χ0n) is 9.30. The lowest BCUT2D eigenvalue weighted by atomic mass is 10.1. The van der Waals surface area contributed by atoms with Crippen molar-refractivity contribution >= 4 is 17.3 Å². The Balaban J connectivity index is 2.17. The molecule has 0 bridgehead atoms. The van der Waals surface area contributed by atoms with Gasteiger partial charge in [0.15, 0.2) is 0 Å². The van der Waals surface area contributed by atoms with Crippen molar-refractivity contribution in [2.24, 2.45) is 0 Å². The molecule has 1 fully saturated rings. The molecule has 0 radical (unpaired) electrons. The maximum atomic E-state index is 6.22. The van der Waals surface area contributed by atoms with E-state index in [0.717, 1.165) is 11.4 Å². The Kier molecular flexibility index (Phi) is 3.53. The van der Waals surface area contributed by atoms with E-state index in [1.54, 1.807) is 0 Å². The zero-order valence-corrected chi connectivity index (χ0v) is 10.1. The van der Waals surface area contributed by atoms with E-state index in [1.807, 2.05) is 0 Å². The van der Waals surface area contributed by atoms with Gasteiger partial charge in [-0.1, -0.05) is 24.6 Å². The first-order valence-corrected chi connectivity index (χ1v) is 6.22. The number of hydrogen-bond donors (Lipinski definition) is 0. The Morgan fingerprint density at radius 1 is 1.20 bits per heavy atom. The number of anilines is 1. The summed E-state index contributed by atoms with van der Waals surface area (Å²) in [5, 5.41) is 0.917. The van der Waals surface area contributed by atoms with Crippen molar-refractivity contribution in [2.45, 2.75) is 32.6 Å². The predicted molar refractivity (Wildman–Crippen MR) is 66.9 cm³/mol. The summed E-state index contributed by atoms with van der Waals surface area (Å²) in [5.74, 6) is 0. The van der Waals surface area contributed by atoms with E-state index < -0.39 is 0 Å². The molecule has 1 aliphatic heterocycles. The van der Waals surface area contributed by atoms with Crippen molar-refractivity contribution in [1.29, 1.82) is 0 Å². The Morgan fingerprint density at radius 2 is 1.93 bits per heavy atom. The van der Waals surface area contributed by atoms with Crippen LogP contribution in [0.5, 0.6) is 0 Å². The van der Waals surface area contributed by atoms with Crippen LogP contribution in [0.3, 0.4) is 0 Å². The molecule has 2 rings (SSSR count). The third-order valence-electron chi connectivity index (χ3n) is 3.14. The number of benzene rings is 1. The van der Waals surface area contributed by atoms with E-state index in [-0.39, 0.29) is 0 Å². The second kappa shape index (κ2) is 4.89. The van der Waals surface area contributed by atoms with E-state index in [0.29, 0.717) is 0 Å². The van der Waals surface area contributed by atoms with Crippen LogP contribution in [0.2, 0.25) is 5.02 Å². The molecule has 0 aliphatic carbocycles. The molecule has 15 heavy (non-hydrogen) atoms. The third kappa shape index (κ3) is 2.46. The highest BCUT2D eigenvalue weighted by Gasteiger charge is 2.11. The van der Waals surface area contributed by atoms with Gasteiger partial charge in [0, 0.05) is 23.8 Å². The molecule has 1 aromatic carbocycles. The number of nitrogens with zero attached hydrogens (tertiary/aromatic N) is 1. The highest BCUT2D eigenvalue weighted by molar-refractivity contribution is 6.31. The van der Waals surface area contributed by atoms with Crippen LogP contribution in [0.15, 0.2) is 18.2 Å². The summed E-state index contributed by atoms with van der Waals surface area (Å²) in [6, 6.07) is 6.48. The van der Waals surface area contributed by atoms with Crippen LogP contribution in [-0.4, -0.2) is 13.1 Å². The quantitative estimate of drug-likeness (QED) is 0.735. The molecule has 0 saturated carbocycles. The second-order valence-corrected chi connectivity index (χ2v) is 4.58. The first-order chi connectivity index (χ1) is 7.31. The molecule has 2 heteroatoms. The Hall–Kier alpha value is -0.690. The molecule has 0 atom stereocenters. The normalized spacial score (nSPS) is 16.8. The largest absolute Gasteiger partial charge is 0.371 e. The van der Waals surface area contributed by atoms with Gasteiger partial charge in [-0.05, 0) is 43.4 Å². The summed E-state index contributed by atoms with van der Waals surface area (Å²) in [5.41, 5.74) is 2.54. The molecular weight excluding hydrogens is 206 g/mol. The van der Waals surface area contributed by atoms with Crippen molar-refractivity contribution in [1.82, 2.24) is 0 Å². The molecule has 0 amide bonds. The van der Waals surface area contributed by atoms with Gasteiger partial charge < -0.3 is 4.90 Å².